The highest BCUT2D eigenvalue weighted by molar-refractivity contribution is 7.18. The molecule has 2 N–H and O–H groups in total. The van der Waals surface area contributed by atoms with E-state index < -0.39 is 10.8 Å². The van der Waals surface area contributed by atoms with E-state index in [4.69, 9.17) is 4.42 Å². The fourth-order valence-electron chi connectivity index (χ4n) is 3.63. The summed E-state index contributed by atoms with van der Waals surface area (Å²) in [6.07, 6.45) is 2.51. The molecule has 0 aliphatic heterocycles. The summed E-state index contributed by atoms with van der Waals surface area (Å²) in [6.45, 7) is 6.07. The van der Waals surface area contributed by atoms with Crippen LogP contribution in [0.15, 0.2) is 46.0 Å². The summed E-state index contributed by atoms with van der Waals surface area (Å²) in [5.74, 6) is 0.370. The molecule has 0 bridgehead atoms. The van der Waals surface area contributed by atoms with Crippen LogP contribution in [0.5, 0.6) is 0 Å². The molecule has 0 fully saturated rings. The summed E-state index contributed by atoms with van der Waals surface area (Å²) in [5, 5.41) is 18.1. The van der Waals surface area contributed by atoms with E-state index in [-0.39, 0.29) is 21.3 Å². The number of nitro groups is 1. The smallest absolute Gasteiger partial charge is 0.345 e. The lowest BCUT2D eigenvalue weighted by Crippen LogP contribution is -2.27. The van der Waals surface area contributed by atoms with Crippen molar-refractivity contribution in [2.24, 2.45) is 10.5 Å². The van der Waals surface area contributed by atoms with Gasteiger partial charge in [-0.2, -0.15) is 5.10 Å². The Hall–Kier alpha value is -3.53. The van der Waals surface area contributed by atoms with Gasteiger partial charge >= 0.3 is 5.00 Å². The number of hydrogen-bond acceptors (Lipinski definition) is 8. The number of benzene rings is 1. The Kier molecular flexibility index (Phi) is 5.32. The van der Waals surface area contributed by atoms with Gasteiger partial charge in [0.15, 0.2) is 10.9 Å². The largest absolute Gasteiger partial charge is 0.455 e. The van der Waals surface area contributed by atoms with E-state index in [1.807, 2.05) is 37.3 Å². The molecule has 4 rings (SSSR count). The van der Waals surface area contributed by atoms with E-state index in [0.717, 1.165) is 40.9 Å². The number of carbonyl (C=O) groups excluding carboxylic acids is 1. The minimum atomic E-state index is -0.547. The molecule has 2 aromatic heterocycles. The maximum absolute atomic E-state index is 12.8. The molecule has 10 heteroatoms. The van der Waals surface area contributed by atoms with Gasteiger partial charge in [-0.25, -0.2) is 4.98 Å². The summed E-state index contributed by atoms with van der Waals surface area (Å²) in [5.41, 5.74) is 6.20. The molecule has 0 radical (unpaired) electrons. The molecule has 160 valence electrons. The molecular formula is C21H21N5O4S. The van der Waals surface area contributed by atoms with Crippen LogP contribution in [0.3, 0.4) is 0 Å². The number of hydrazone groups is 1. The van der Waals surface area contributed by atoms with Gasteiger partial charge in [-0.15, -0.1) is 0 Å². The Morgan fingerprint density at radius 3 is 2.71 bits per heavy atom. The molecule has 3 aromatic rings. The van der Waals surface area contributed by atoms with E-state index >= 15 is 0 Å². The Morgan fingerprint density at radius 1 is 1.29 bits per heavy atom. The predicted octanol–water partition coefficient (Wildman–Crippen LogP) is 4.99. The Bertz CT molecular complexity index is 1180. The zero-order chi connectivity index (χ0) is 22.2. The second kappa shape index (κ2) is 7.95. The number of para-hydroxylation sites is 1. The molecule has 0 spiro atoms. The molecule has 0 saturated carbocycles. The van der Waals surface area contributed by atoms with E-state index in [9.17, 15) is 14.9 Å². The van der Waals surface area contributed by atoms with Gasteiger partial charge in [0.2, 0.25) is 0 Å². The van der Waals surface area contributed by atoms with Crippen molar-refractivity contribution in [3.63, 3.8) is 0 Å². The van der Waals surface area contributed by atoms with Crippen molar-refractivity contribution in [3.05, 3.63) is 69.3 Å². The van der Waals surface area contributed by atoms with Gasteiger partial charge in [-0.1, -0.05) is 32.0 Å². The third kappa shape index (κ3) is 4.33. The summed E-state index contributed by atoms with van der Waals surface area (Å²) in [4.78, 5) is 27.0. The molecule has 1 amide bonds. The van der Waals surface area contributed by atoms with Crippen LogP contribution in [0.4, 0.5) is 15.8 Å². The number of anilines is 2. The number of amides is 1. The number of thiazole rings is 1. The number of nitrogens with one attached hydrogen (secondary N) is 2. The van der Waals surface area contributed by atoms with Gasteiger partial charge < -0.3 is 4.42 Å². The Morgan fingerprint density at radius 2 is 2.03 bits per heavy atom. The minimum Gasteiger partial charge on any atom is -0.455 e. The highest BCUT2D eigenvalue weighted by Gasteiger charge is 2.36. The van der Waals surface area contributed by atoms with Gasteiger partial charge in [0.1, 0.15) is 12.0 Å². The van der Waals surface area contributed by atoms with Gasteiger partial charge in [0.05, 0.1) is 16.3 Å². The second-order valence-corrected chi connectivity index (χ2v) is 9.13. The van der Waals surface area contributed by atoms with E-state index in [0.29, 0.717) is 17.7 Å². The highest BCUT2D eigenvalue weighted by Crippen LogP contribution is 2.39. The monoisotopic (exact) mass is 439 g/mol. The first-order valence-corrected chi connectivity index (χ1v) is 10.5. The lowest BCUT2D eigenvalue weighted by atomic mass is 9.75. The zero-order valence-corrected chi connectivity index (χ0v) is 18.1. The first kappa shape index (κ1) is 20.7. The molecular weight excluding hydrogens is 418 g/mol. The van der Waals surface area contributed by atoms with Crippen LogP contribution in [0, 0.1) is 22.5 Å². The molecule has 1 aliphatic carbocycles. The van der Waals surface area contributed by atoms with Crippen molar-refractivity contribution >= 4 is 38.8 Å². The molecule has 1 aromatic carbocycles. The first-order valence-electron chi connectivity index (χ1n) is 9.65. The summed E-state index contributed by atoms with van der Waals surface area (Å²) in [6, 6.07) is 9.63. The maximum atomic E-state index is 12.8. The van der Waals surface area contributed by atoms with Crippen molar-refractivity contribution < 1.29 is 14.1 Å². The van der Waals surface area contributed by atoms with Gasteiger partial charge in [-0.05, 0) is 42.2 Å². The average Bonchev–Trinajstić information content (AvgIpc) is 3.31. The van der Waals surface area contributed by atoms with E-state index in [1.54, 1.807) is 0 Å². The molecule has 0 atom stereocenters. The lowest BCUT2D eigenvalue weighted by Gasteiger charge is -2.29. The number of nitrogens with zero attached hydrogens (tertiary/aromatic N) is 3. The van der Waals surface area contributed by atoms with Crippen LogP contribution in [0.25, 0.3) is 0 Å². The predicted molar refractivity (Wildman–Crippen MR) is 119 cm³/mol. The van der Waals surface area contributed by atoms with Crippen LogP contribution in [0.1, 0.15) is 47.7 Å². The number of furan rings is 1. The number of aromatic nitrogens is 1. The van der Waals surface area contributed by atoms with Gasteiger partial charge in [-0.3, -0.25) is 25.7 Å². The summed E-state index contributed by atoms with van der Waals surface area (Å²) < 4.78 is 5.97. The van der Waals surface area contributed by atoms with Crippen molar-refractivity contribution in [2.45, 2.75) is 33.6 Å². The van der Waals surface area contributed by atoms with E-state index in [2.05, 4.69) is 34.7 Å². The third-order valence-electron chi connectivity index (χ3n) is 4.99. The van der Waals surface area contributed by atoms with Gasteiger partial charge in [0.25, 0.3) is 5.91 Å². The van der Waals surface area contributed by atoms with Crippen molar-refractivity contribution in [3.8, 4) is 0 Å². The van der Waals surface area contributed by atoms with Crippen LogP contribution in [-0.4, -0.2) is 21.5 Å². The molecule has 1 aliphatic rings. The standard InChI is InChI=1S/C21H21N5O4S/c1-12-17-14(25-24-13-7-5-4-6-8-13)9-21(2,3)10-15(17)30-18(12)19(27)23-20-22-11-16(31-20)26(28)29/h4-8,11,24H,9-10H2,1-3H3,(H,22,23,27)/b25-14-. The van der Waals surface area contributed by atoms with Crippen LogP contribution in [0.2, 0.25) is 0 Å². The average molecular weight is 439 g/mol. The molecule has 0 saturated heterocycles. The normalized spacial score (nSPS) is 16.0. The van der Waals surface area contributed by atoms with Crippen LogP contribution < -0.4 is 10.7 Å². The fraction of sp³-hybridized carbons (Fsp3) is 0.286. The topological polar surface area (TPSA) is 123 Å². The summed E-state index contributed by atoms with van der Waals surface area (Å²) in [7, 11) is 0. The maximum Gasteiger partial charge on any atom is 0.345 e. The highest BCUT2D eigenvalue weighted by atomic mass is 32.1. The number of carbonyl (C=O) groups is 1. The van der Waals surface area contributed by atoms with Gasteiger partial charge in [0, 0.05) is 17.5 Å². The molecule has 9 nitrogen and oxygen atoms in total. The van der Waals surface area contributed by atoms with Crippen molar-refractivity contribution in [1.82, 2.24) is 4.98 Å². The van der Waals surface area contributed by atoms with Crippen LogP contribution >= 0.6 is 11.3 Å². The first-order chi connectivity index (χ1) is 14.7. The van der Waals surface area contributed by atoms with Crippen molar-refractivity contribution in [2.75, 3.05) is 10.7 Å². The number of fused-ring (bicyclic) bond motifs is 1. The second-order valence-electron chi connectivity index (χ2n) is 8.12. The SMILES string of the molecule is Cc1c(C(=O)Nc2ncc([N+](=O)[O-])s2)oc2c1/C(=N\Nc1ccccc1)CC(C)(C)C2. The van der Waals surface area contributed by atoms with Crippen molar-refractivity contribution in [1.29, 1.82) is 0 Å². The minimum absolute atomic E-state index is 0.0852. The zero-order valence-electron chi connectivity index (χ0n) is 17.3. The molecule has 31 heavy (non-hydrogen) atoms. The number of rotatable bonds is 5. The fourth-order valence-corrected chi connectivity index (χ4v) is 4.26. The Labute approximate surface area is 182 Å². The number of hydrogen-bond donors (Lipinski definition) is 2. The summed E-state index contributed by atoms with van der Waals surface area (Å²) >= 11 is 0.793. The third-order valence-corrected chi connectivity index (χ3v) is 5.85. The Balaban J connectivity index is 1.64. The molecule has 2 heterocycles. The molecule has 0 unspecified atom stereocenters. The lowest BCUT2D eigenvalue weighted by molar-refractivity contribution is -0.380. The van der Waals surface area contributed by atoms with Crippen LogP contribution in [-0.2, 0) is 6.42 Å². The quantitative estimate of drug-likeness (QED) is 0.426. The van der Waals surface area contributed by atoms with E-state index in [1.165, 1.54) is 0 Å².